The molecule has 0 saturated heterocycles. The van der Waals surface area contributed by atoms with Gasteiger partial charge in [0.25, 0.3) is 0 Å². The zero-order valence-electron chi connectivity index (χ0n) is 48.3. The van der Waals surface area contributed by atoms with Gasteiger partial charge in [-0.25, -0.2) is 0 Å². The van der Waals surface area contributed by atoms with Gasteiger partial charge >= 0.3 is 139 Å². The molecule has 0 aromatic heterocycles. The minimum absolute atomic E-state index is 0.00312. The molecule has 4 aromatic rings. The molecule has 5 atom stereocenters. The molecule has 0 amide bonds. The number of thioether (sulfide) groups is 3. The maximum absolute atomic E-state index is 10.0. The number of aliphatic hydroxyl groups excluding tert-OH is 2. The quantitative estimate of drug-likeness (QED) is 0.0126. The third-order valence-electron chi connectivity index (χ3n) is 15.2. The van der Waals surface area contributed by atoms with E-state index in [4.69, 9.17) is 35.0 Å². The molecule has 0 spiro atoms. The molecule has 10 nitrogen and oxygen atoms in total. The van der Waals surface area contributed by atoms with Crippen LogP contribution in [0.2, 0.25) is 0 Å². The number of aliphatic hydroxyl groups is 2. The number of benzene rings is 4. The molecule has 0 aliphatic carbocycles. The van der Waals surface area contributed by atoms with Crippen LogP contribution in [0.3, 0.4) is 0 Å². The van der Waals surface area contributed by atoms with Crippen LogP contribution in [0, 0.1) is 0 Å². The Labute approximate surface area is 491 Å². The van der Waals surface area contributed by atoms with Crippen molar-refractivity contribution in [1.82, 2.24) is 0 Å². The smallest absolute Gasteiger partial charge is 0.468 e. The fourth-order valence-corrected chi connectivity index (χ4v) is 16.3. The maximum atomic E-state index is 10.0. The summed E-state index contributed by atoms with van der Waals surface area (Å²) in [5, 5.41) is 32.8. The first kappa shape index (κ1) is 64.8. The molecular weight excluding hydrogens is 1080 g/mol. The van der Waals surface area contributed by atoms with Crippen molar-refractivity contribution in [3.8, 4) is 23.0 Å². The van der Waals surface area contributed by atoms with Gasteiger partial charge in [-0.05, 0) is 89.7 Å². The molecule has 0 bridgehead atoms. The van der Waals surface area contributed by atoms with Crippen molar-refractivity contribution in [1.29, 1.82) is 1.43 Å². The Kier molecular flexibility index (Phi) is 31.9. The normalized spacial score (nSPS) is 19.2. The predicted octanol–water partition coefficient (Wildman–Crippen LogP) is 14.8. The standard InChI is InChI=1S/C33H51BO6S3.C29H42O4S2/c1-33(27-12-14-28(15-13-27)39-25-36-2)24-42-32-23-29(40-26-37-3)16-17-30(32)31(33)11-9-7-5-4-6-8-10-21-43(34-41)22-20-38-19-18-35;1-29(23-10-12-24(31)13-11-23)22-35-28-21-25(32)14-15-26(28)27(29)9-7-5-3-2-4-6-8-19-34-20-18-33-17-16-30/h12-17,23,31,35,41H,4-11,18-22,24-26H2,1-3H3;10-15,21,27,30-32H,2-9,16-20,22H2,1H3/t;27-,29-/m.1/s1/i35T;. The summed E-state index contributed by atoms with van der Waals surface area (Å²) < 4.78 is 39.1. The monoisotopic (exact) mass is 1170 g/mol. The number of thiol groups is 1. The molecule has 2 heterocycles. The Balaban J connectivity index is 0.000000298. The molecule has 4 aromatic carbocycles. The summed E-state index contributed by atoms with van der Waals surface area (Å²) in [7, 11) is 3.49. The van der Waals surface area contributed by atoms with E-state index in [2.05, 4.69) is 92.1 Å². The van der Waals surface area contributed by atoms with Crippen LogP contribution in [-0.4, -0.2) is 129 Å². The van der Waals surface area contributed by atoms with E-state index < -0.39 is 0 Å². The van der Waals surface area contributed by atoms with Crippen LogP contribution in [0.1, 0.15) is 151 Å². The van der Waals surface area contributed by atoms with Crippen LogP contribution in [0.25, 0.3) is 0 Å². The average molecular weight is 1170 g/mol. The molecule has 0 radical (unpaired) electrons. The van der Waals surface area contributed by atoms with E-state index in [0.717, 1.165) is 47.5 Å². The summed E-state index contributed by atoms with van der Waals surface area (Å²) >= 11 is 10.1. The zero-order chi connectivity index (χ0) is 56.4. The third-order valence-corrected chi connectivity index (χ3v) is 21.8. The molecule has 4 N–H and O–H groups in total. The van der Waals surface area contributed by atoms with Gasteiger partial charge in [-0.3, -0.25) is 0 Å². The van der Waals surface area contributed by atoms with Crippen LogP contribution in [0.5, 0.6) is 23.0 Å². The summed E-state index contributed by atoms with van der Waals surface area (Å²) in [6.45, 7) is 8.14. The van der Waals surface area contributed by atoms with E-state index >= 15 is 0 Å². The number of rotatable bonds is 39. The van der Waals surface area contributed by atoms with E-state index in [-0.39, 0.29) is 41.3 Å². The molecule has 0 saturated carbocycles. The molecular formula is C62H93BO10S5. The van der Waals surface area contributed by atoms with Gasteiger partial charge in [0.05, 0.1) is 19.8 Å². The number of fused-ring (bicyclic) bond motifs is 2. The van der Waals surface area contributed by atoms with E-state index in [0.29, 0.717) is 49.8 Å². The van der Waals surface area contributed by atoms with Gasteiger partial charge < -0.3 is 39.0 Å². The van der Waals surface area contributed by atoms with Crippen LogP contribution < -0.4 is 9.47 Å². The van der Waals surface area contributed by atoms with E-state index in [9.17, 15) is 10.2 Å². The van der Waals surface area contributed by atoms with Gasteiger partial charge in [-0.2, -0.15) is 11.8 Å². The predicted molar refractivity (Wildman–Crippen MR) is 335 cm³/mol. The average Bonchev–Trinajstić information content (AvgIpc) is 3.56. The van der Waals surface area contributed by atoms with Crippen molar-refractivity contribution in [2.75, 3.05) is 102 Å². The fourth-order valence-electron chi connectivity index (χ4n) is 10.7. The van der Waals surface area contributed by atoms with Gasteiger partial charge in [0.15, 0.2) is 13.6 Å². The number of aromatic hydroxyl groups is 2. The third kappa shape index (κ3) is 22.4. The van der Waals surface area contributed by atoms with Crippen molar-refractivity contribution in [2.24, 2.45) is 0 Å². The van der Waals surface area contributed by atoms with Gasteiger partial charge in [-0.1, -0.05) is 88.8 Å². The van der Waals surface area contributed by atoms with Crippen molar-refractivity contribution in [3.05, 3.63) is 107 Å². The van der Waals surface area contributed by atoms with Crippen LogP contribution in [0.4, 0.5) is 0 Å². The second-order valence-electron chi connectivity index (χ2n) is 21.0. The molecule has 16 heteroatoms. The Hall–Kier alpha value is -2.35. The minimum Gasteiger partial charge on any atom is -0.468 e. The number of methoxy groups -OCH3 is 2. The van der Waals surface area contributed by atoms with Crippen molar-refractivity contribution in [2.45, 2.75) is 149 Å². The number of hydrogen-bond donors (Lipinski definition) is 5. The summed E-state index contributed by atoms with van der Waals surface area (Å²) in [6.07, 6.45) is 20.2. The van der Waals surface area contributed by atoms with Gasteiger partial charge in [0.2, 0.25) is 0 Å². The van der Waals surface area contributed by atoms with E-state index in [1.54, 1.807) is 26.4 Å². The molecule has 0 fully saturated rings. The summed E-state index contributed by atoms with van der Waals surface area (Å²) in [4.78, 5) is 2.54. The minimum atomic E-state index is 0.00312. The number of phenolic OH excluding ortho intramolecular Hbond substituents is 2. The fraction of sp³-hybridized carbons (Fsp3) is 0.613. The first-order valence-corrected chi connectivity index (χ1v) is 33.8. The number of unbranched alkanes of at least 4 members (excludes halogenated alkanes) is 12. The molecule has 3 unspecified atom stereocenters. The van der Waals surface area contributed by atoms with Crippen molar-refractivity contribution >= 4 is 63.5 Å². The van der Waals surface area contributed by atoms with Crippen molar-refractivity contribution in [3.63, 3.8) is 0 Å². The molecule has 2 aliphatic rings. The first-order chi connectivity index (χ1) is 38.6. The number of ether oxygens (including phenoxy) is 6. The van der Waals surface area contributed by atoms with Crippen LogP contribution in [-0.2, 0) is 29.8 Å². The molecule has 6 rings (SSSR count). The van der Waals surface area contributed by atoms with Crippen molar-refractivity contribution < 1.29 is 48.8 Å². The van der Waals surface area contributed by atoms with E-state index in [1.807, 2.05) is 52.9 Å². The summed E-state index contributed by atoms with van der Waals surface area (Å²) in [5.41, 5.74) is 7.49. The second-order valence-corrected chi connectivity index (χ2v) is 26.9. The molecule has 434 valence electrons. The number of hydrogen-bond acceptors (Lipinski definition) is 13. The van der Waals surface area contributed by atoms with E-state index in [1.165, 1.54) is 140 Å². The summed E-state index contributed by atoms with van der Waals surface area (Å²) in [5.74, 6) is 9.61. The zero-order valence-corrected chi connectivity index (χ0v) is 51.5. The molecule has 2 aliphatic heterocycles. The van der Waals surface area contributed by atoms with Crippen LogP contribution in [0.15, 0.2) is 94.7 Å². The summed E-state index contributed by atoms with van der Waals surface area (Å²) in [6, 6.07) is 28.8. The van der Waals surface area contributed by atoms with Gasteiger partial charge in [0.1, 0.15) is 23.0 Å². The van der Waals surface area contributed by atoms with Crippen LogP contribution >= 0.6 is 58.1 Å². The van der Waals surface area contributed by atoms with Gasteiger partial charge in [0, 0.05) is 46.7 Å². The Morgan fingerprint density at radius 3 is 1.68 bits per heavy atom. The SMILES string of the molecule is C[C@]1(c2ccc(O)cc2)CSc2cc(O)ccc2[C@H]1CCCCCCCCCSCCOCCO.[3H]OCCOCCS(=BS)CCCCCCCCCC1c2ccc(OCOC)cc2SCC1(C)c1ccc(OCOC)cc1. The topological polar surface area (TPSA) is 136 Å². The molecule has 78 heavy (non-hydrogen) atoms. The first-order valence-electron chi connectivity index (χ1n) is 28.9. The second kappa shape index (κ2) is 38.4. The Morgan fingerprint density at radius 2 is 1.09 bits per heavy atom. The van der Waals surface area contributed by atoms with Gasteiger partial charge in [-0.15, -0.1) is 23.5 Å². The Morgan fingerprint density at radius 1 is 0.590 bits per heavy atom. The number of phenols is 2. The Bertz CT molecular complexity index is 2300.